The minimum atomic E-state index is -4.48. The number of anilines is 1. The lowest BCUT2D eigenvalue weighted by molar-refractivity contribution is -0.144. The molecular formula is C21H17F3N4O. The molecule has 2 aromatic carbocycles. The van der Waals surface area contributed by atoms with Crippen LogP contribution < -0.4 is 10.1 Å². The Morgan fingerprint density at radius 3 is 2.59 bits per heavy atom. The Labute approximate surface area is 164 Å². The average Bonchev–Trinajstić information content (AvgIpc) is 3.09. The first-order valence-electron chi connectivity index (χ1n) is 8.86. The van der Waals surface area contributed by atoms with Crippen LogP contribution >= 0.6 is 0 Å². The van der Waals surface area contributed by atoms with E-state index in [2.05, 4.69) is 15.4 Å². The normalized spacial score (nSPS) is 11.6. The highest BCUT2D eigenvalue weighted by atomic mass is 19.4. The molecule has 0 atom stereocenters. The number of halogens is 3. The van der Waals surface area contributed by atoms with Crippen molar-refractivity contribution in [2.45, 2.75) is 12.7 Å². The summed E-state index contributed by atoms with van der Waals surface area (Å²) in [6.07, 6.45) is -1.63. The maximum absolute atomic E-state index is 13.3. The monoisotopic (exact) mass is 398 g/mol. The Morgan fingerprint density at radius 1 is 1.03 bits per heavy atom. The fourth-order valence-electron chi connectivity index (χ4n) is 3.16. The van der Waals surface area contributed by atoms with Crippen LogP contribution in [0.15, 0.2) is 67.0 Å². The van der Waals surface area contributed by atoms with E-state index in [4.69, 9.17) is 4.74 Å². The molecule has 2 aromatic heterocycles. The van der Waals surface area contributed by atoms with E-state index in [-0.39, 0.29) is 12.1 Å². The smallest absolute Gasteiger partial charge is 0.433 e. The van der Waals surface area contributed by atoms with Gasteiger partial charge in [-0.3, -0.25) is 9.67 Å². The molecule has 0 bridgehead atoms. The summed E-state index contributed by atoms with van der Waals surface area (Å²) >= 11 is 0. The van der Waals surface area contributed by atoms with Crippen molar-refractivity contribution in [3.63, 3.8) is 0 Å². The van der Waals surface area contributed by atoms with E-state index in [0.717, 1.165) is 10.1 Å². The van der Waals surface area contributed by atoms with E-state index in [1.54, 1.807) is 24.4 Å². The molecule has 0 fully saturated rings. The molecule has 0 aliphatic heterocycles. The number of para-hydroxylation sites is 1. The second-order valence-corrected chi connectivity index (χ2v) is 6.42. The molecule has 148 valence electrons. The largest absolute Gasteiger partial charge is 0.457 e. The fraction of sp³-hybridized carbons (Fsp3) is 0.143. The predicted molar refractivity (Wildman–Crippen MR) is 104 cm³/mol. The highest BCUT2D eigenvalue weighted by Gasteiger charge is 2.37. The second kappa shape index (κ2) is 7.46. The molecular weight excluding hydrogens is 381 g/mol. The number of alkyl halides is 3. The van der Waals surface area contributed by atoms with Gasteiger partial charge in [0.1, 0.15) is 17.2 Å². The number of hydrogen-bond donors (Lipinski definition) is 1. The lowest BCUT2D eigenvalue weighted by atomic mass is 10.1. The Morgan fingerprint density at radius 2 is 1.83 bits per heavy atom. The summed E-state index contributed by atoms with van der Waals surface area (Å²) in [5, 5.41) is 7.54. The van der Waals surface area contributed by atoms with Crippen LogP contribution in [0.5, 0.6) is 11.5 Å². The van der Waals surface area contributed by atoms with Crippen molar-refractivity contribution < 1.29 is 17.9 Å². The molecule has 0 unspecified atom stereocenters. The zero-order valence-electron chi connectivity index (χ0n) is 15.4. The molecule has 2 heterocycles. The van der Waals surface area contributed by atoms with Gasteiger partial charge in [0.25, 0.3) is 0 Å². The number of aryl methyl sites for hydroxylation is 1. The maximum Gasteiger partial charge on any atom is 0.433 e. The van der Waals surface area contributed by atoms with Crippen molar-refractivity contribution >= 4 is 16.6 Å². The third-order valence-corrected chi connectivity index (χ3v) is 4.45. The van der Waals surface area contributed by atoms with Crippen molar-refractivity contribution in [2.75, 3.05) is 5.32 Å². The number of hydrogen-bond acceptors (Lipinski definition) is 4. The van der Waals surface area contributed by atoms with E-state index in [1.807, 2.05) is 36.4 Å². The van der Waals surface area contributed by atoms with Crippen LogP contribution in [0.2, 0.25) is 0 Å². The molecule has 0 amide bonds. The van der Waals surface area contributed by atoms with Gasteiger partial charge in [-0.25, -0.2) is 0 Å². The summed E-state index contributed by atoms with van der Waals surface area (Å²) in [5.74, 6) is 1.30. The number of rotatable bonds is 5. The highest BCUT2D eigenvalue weighted by Crippen LogP contribution is 2.35. The third kappa shape index (κ3) is 3.87. The van der Waals surface area contributed by atoms with Gasteiger partial charge in [0.15, 0.2) is 0 Å². The number of aromatic nitrogens is 3. The molecule has 29 heavy (non-hydrogen) atoms. The van der Waals surface area contributed by atoms with E-state index in [1.165, 1.54) is 13.2 Å². The Hall–Kier alpha value is -3.55. The molecule has 8 heteroatoms. The van der Waals surface area contributed by atoms with Crippen LogP contribution in [0, 0.1) is 0 Å². The first-order chi connectivity index (χ1) is 13.9. The SMILES string of the molecule is Cn1ncc(CNc2ccc(Oc3ccccc3)c3cccnc23)c1C(F)(F)F. The van der Waals surface area contributed by atoms with Gasteiger partial charge in [-0.15, -0.1) is 0 Å². The average molecular weight is 398 g/mol. The number of ether oxygens (including phenoxy) is 1. The summed E-state index contributed by atoms with van der Waals surface area (Å²) in [6.45, 7) is -0.0345. The summed E-state index contributed by atoms with van der Waals surface area (Å²) in [7, 11) is 1.28. The van der Waals surface area contributed by atoms with Crippen molar-refractivity contribution in [3.05, 3.63) is 78.2 Å². The predicted octanol–water partition coefficient (Wildman–Crippen LogP) is 5.39. The fourth-order valence-corrected chi connectivity index (χ4v) is 3.16. The quantitative estimate of drug-likeness (QED) is 0.490. The van der Waals surface area contributed by atoms with Crippen LogP contribution in [0.3, 0.4) is 0 Å². The van der Waals surface area contributed by atoms with Crippen molar-refractivity contribution in [3.8, 4) is 11.5 Å². The van der Waals surface area contributed by atoms with Gasteiger partial charge in [-0.2, -0.15) is 18.3 Å². The van der Waals surface area contributed by atoms with E-state index >= 15 is 0 Å². The topological polar surface area (TPSA) is 52.0 Å². The molecule has 0 spiro atoms. The summed E-state index contributed by atoms with van der Waals surface area (Å²) in [4.78, 5) is 4.39. The van der Waals surface area contributed by atoms with E-state index < -0.39 is 11.9 Å². The Bertz CT molecular complexity index is 1140. The highest BCUT2D eigenvalue weighted by molar-refractivity contribution is 5.94. The second-order valence-electron chi connectivity index (χ2n) is 6.42. The first-order valence-corrected chi connectivity index (χ1v) is 8.86. The third-order valence-electron chi connectivity index (χ3n) is 4.45. The molecule has 4 rings (SSSR count). The Kier molecular flexibility index (Phi) is 4.84. The van der Waals surface area contributed by atoms with Gasteiger partial charge < -0.3 is 10.1 Å². The maximum atomic E-state index is 13.3. The molecule has 0 aliphatic rings. The lowest BCUT2D eigenvalue weighted by Gasteiger charge is -2.14. The van der Waals surface area contributed by atoms with Gasteiger partial charge >= 0.3 is 6.18 Å². The van der Waals surface area contributed by atoms with Gasteiger partial charge in [0.2, 0.25) is 0 Å². The summed E-state index contributed by atoms with van der Waals surface area (Å²) in [6, 6.07) is 16.5. The Balaban J connectivity index is 1.64. The molecule has 5 nitrogen and oxygen atoms in total. The molecule has 4 aromatic rings. The number of pyridine rings is 1. The van der Waals surface area contributed by atoms with Gasteiger partial charge in [-0.05, 0) is 36.4 Å². The van der Waals surface area contributed by atoms with Crippen molar-refractivity contribution in [1.29, 1.82) is 0 Å². The summed E-state index contributed by atoms with van der Waals surface area (Å²) < 4.78 is 46.6. The molecule has 0 saturated carbocycles. The van der Waals surface area contributed by atoms with E-state index in [9.17, 15) is 13.2 Å². The first kappa shape index (κ1) is 18.8. The minimum absolute atomic E-state index is 0.0345. The number of nitrogens with one attached hydrogen (secondary N) is 1. The van der Waals surface area contributed by atoms with Crippen LogP contribution in [0.1, 0.15) is 11.3 Å². The number of fused-ring (bicyclic) bond motifs is 1. The van der Waals surface area contributed by atoms with Crippen molar-refractivity contribution in [1.82, 2.24) is 14.8 Å². The van der Waals surface area contributed by atoms with Crippen LogP contribution in [-0.4, -0.2) is 14.8 Å². The van der Waals surface area contributed by atoms with Gasteiger partial charge in [0.05, 0.1) is 17.4 Å². The molecule has 0 radical (unpaired) electrons. The van der Waals surface area contributed by atoms with Gasteiger partial charge in [-0.1, -0.05) is 18.2 Å². The van der Waals surface area contributed by atoms with E-state index in [0.29, 0.717) is 22.7 Å². The molecule has 1 N–H and O–H groups in total. The van der Waals surface area contributed by atoms with Crippen LogP contribution in [0.25, 0.3) is 10.9 Å². The van der Waals surface area contributed by atoms with Crippen LogP contribution in [-0.2, 0) is 19.8 Å². The van der Waals surface area contributed by atoms with Gasteiger partial charge in [0, 0.05) is 30.7 Å². The number of benzene rings is 2. The lowest BCUT2D eigenvalue weighted by Crippen LogP contribution is -2.15. The zero-order chi connectivity index (χ0) is 20.4. The molecule has 0 saturated heterocycles. The zero-order valence-corrected chi connectivity index (χ0v) is 15.4. The number of nitrogens with zero attached hydrogens (tertiary/aromatic N) is 3. The molecule has 0 aliphatic carbocycles. The summed E-state index contributed by atoms with van der Waals surface area (Å²) in [5.41, 5.74) is 0.511. The minimum Gasteiger partial charge on any atom is -0.457 e. The van der Waals surface area contributed by atoms with Crippen molar-refractivity contribution in [2.24, 2.45) is 7.05 Å². The standard InChI is InChI=1S/C21H17F3N4O/c1-28-20(21(22,23)24)14(13-27-28)12-26-17-9-10-18(16-8-5-11-25-19(16)17)29-15-6-3-2-4-7-15/h2-11,13,26H,12H2,1H3. The van der Waals surface area contributed by atoms with Crippen LogP contribution in [0.4, 0.5) is 18.9 Å².